The van der Waals surface area contributed by atoms with E-state index in [1.165, 1.54) is 19.4 Å². The molecule has 0 atom stereocenters. The minimum Gasteiger partial charge on any atom is -0.466 e. The fourth-order valence-electron chi connectivity index (χ4n) is 1.42. The number of nitrogens with zero attached hydrogens (tertiary/aromatic N) is 2. The Hall–Kier alpha value is -1.27. The Balaban J connectivity index is 2.13. The van der Waals surface area contributed by atoms with Gasteiger partial charge in [0.2, 0.25) is 0 Å². The number of hydrogen-bond donors (Lipinski definition) is 1. The van der Waals surface area contributed by atoms with Crippen LogP contribution >= 0.6 is 50.3 Å². The van der Waals surface area contributed by atoms with E-state index in [2.05, 4.69) is 36.2 Å². The molecule has 1 aromatic carbocycles. The summed E-state index contributed by atoms with van der Waals surface area (Å²) in [6.45, 7) is 0. The molecule has 2 rings (SSSR count). The molecule has 0 saturated carbocycles. The maximum atomic E-state index is 13.5. The fraction of sp³-hybridized carbons (Fsp3) is 0.0769. The molecule has 23 heavy (non-hydrogen) atoms. The second-order valence-electron chi connectivity index (χ2n) is 4.03. The molecule has 1 fully saturated rings. The average Bonchev–Trinajstić information content (AvgIpc) is 2.84. The van der Waals surface area contributed by atoms with Crippen molar-refractivity contribution >= 4 is 73.5 Å². The molecule has 1 N–H and O–H groups in total. The van der Waals surface area contributed by atoms with Crippen LogP contribution in [0.25, 0.3) is 0 Å². The van der Waals surface area contributed by atoms with Gasteiger partial charge in [0.05, 0.1) is 22.7 Å². The number of hydrogen-bond acceptors (Lipinski definition) is 6. The topological polar surface area (TPSA) is 80.1 Å². The van der Waals surface area contributed by atoms with Gasteiger partial charge in [-0.2, -0.15) is 5.10 Å². The van der Waals surface area contributed by atoms with Crippen LogP contribution < -0.4 is 5.32 Å². The Labute approximate surface area is 156 Å². The van der Waals surface area contributed by atoms with Crippen LogP contribution in [-0.2, 0) is 14.3 Å². The van der Waals surface area contributed by atoms with Crippen molar-refractivity contribution in [3.8, 4) is 0 Å². The lowest BCUT2D eigenvalue weighted by Gasteiger charge is -2.00. The molecule has 0 bridgehead atoms. The molecule has 1 heterocycles. The standard InChI is InChI=1S/C13H8BrFIN3O3S/c1-22-11(20)4-10-12(21)18-13(23-10)19-17-5-6-2-8(15)7(14)3-9(6)16/h2-5H,1H3,(H,18,19,21)/b10-4+,17-5?. The first-order valence-electron chi connectivity index (χ1n) is 5.95. The second-order valence-corrected chi connectivity index (χ2v) is 7.07. The molecule has 0 aliphatic carbocycles. The Morgan fingerprint density at radius 3 is 2.96 bits per heavy atom. The SMILES string of the molecule is COC(=O)/C=C1/S/C(=N\N=Cc2cc(F)c(Br)cc2I)NC1=O. The quantitative estimate of drug-likeness (QED) is 0.169. The molecule has 1 aliphatic heterocycles. The molecule has 1 aromatic rings. The zero-order chi connectivity index (χ0) is 17.0. The van der Waals surface area contributed by atoms with Gasteiger partial charge in [-0.25, -0.2) is 9.18 Å². The first-order chi connectivity index (χ1) is 10.9. The number of esters is 1. The summed E-state index contributed by atoms with van der Waals surface area (Å²) in [5, 5.41) is 10.3. The maximum absolute atomic E-state index is 13.5. The van der Waals surface area contributed by atoms with Crippen LogP contribution in [-0.4, -0.2) is 30.4 Å². The van der Waals surface area contributed by atoms with Crippen LogP contribution in [0.3, 0.4) is 0 Å². The number of methoxy groups -OCH3 is 1. The summed E-state index contributed by atoms with van der Waals surface area (Å²) < 4.78 is 19.1. The van der Waals surface area contributed by atoms with Crippen LogP contribution in [0.4, 0.5) is 4.39 Å². The van der Waals surface area contributed by atoms with Gasteiger partial charge in [-0.15, -0.1) is 5.10 Å². The fourth-order valence-corrected chi connectivity index (χ4v) is 3.54. The van der Waals surface area contributed by atoms with Gasteiger partial charge < -0.3 is 4.74 Å². The third kappa shape index (κ3) is 4.85. The van der Waals surface area contributed by atoms with Gasteiger partial charge in [0.25, 0.3) is 5.91 Å². The van der Waals surface area contributed by atoms with Crippen molar-refractivity contribution < 1.29 is 18.7 Å². The van der Waals surface area contributed by atoms with E-state index in [1.807, 2.05) is 22.6 Å². The van der Waals surface area contributed by atoms with E-state index in [4.69, 9.17) is 0 Å². The van der Waals surface area contributed by atoms with E-state index >= 15 is 0 Å². The number of benzene rings is 1. The van der Waals surface area contributed by atoms with Crippen molar-refractivity contribution in [1.82, 2.24) is 5.32 Å². The molecular weight excluding hydrogens is 504 g/mol. The molecule has 0 radical (unpaired) electrons. The van der Waals surface area contributed by atoms with E-state index in [9.17, 15) is 14.0 Å². The first kappa shape index (κ1) is 18.1. The van der Waals surface area contributed by atoms with Crippen LogP contribution in [0.15, 0.2) is 37.8 Å². The summed E-state index contributed by atoms with van der Waals surface area (Å²) in [4.78, 5) is 22.9. The predicted octanol–water partition coefficient (Wildman–Crippen LogP) is 2.80. The van der Waals surface area contributed by atoms with Gasteiger partial charge in [0.1, 0.15) is 5.82 Å². The number of amidine groups is 1. The number of carbonyl (C=O) groups is 2. The molecule has 120 valence electrons. The van der Waals surface area contributed by atoms with Crippen LogP contribution in [0.2, 0.25) is 0 Å². The zero-order valence-electron chi connectivity index (χ0n) is 11.5. The maximum Gasteiger partial charge on any atom is 0.331 e. The van der Waals surface area contributed by atoms with E-state index in [0.717, 1.165) is 21.4 Å². The van der Waals surface area contributed by atoms with Crippen molar-refractivity contribution in [3.63, 3.8) is 0 Å². The number of thioether (sulfide) groups is 1. The van der Waals surface area contributed by atoms with Crippen molar-refractivity contribution in [2.24, 2.45) is 10.2 Å². The van der Waals surface area contributed by atoms with Crippen molar-refractivity contribution in [2.75, 3.05) is 7.11 Å². The minimum absolute atomic E-state index is 0.162. The van der Waals surface area contributed by atoms with E-state index in [-0.39, 0.29) is 10.1 Å². The van der Waals surface area contributed by atoms with E-state index in [1.54, 1.807) is 6.07 Å². The predicted molar refractivity (Wildman–Crippen MR) is 97.7 cm³/mol. The molecular formula is C13H8BrFIN3O3S. The Kier molecular flexibility index (Phi) is 6.30. The first-order valence-corrected chi connectivity index (χ1v) is 8.64. The molecule has 0 aromatic heterocycles. The smallest absolute Gasteiger partial charge is 0.331 e. The number of amides is 1. The highest BCUT2D eigenvalue weighted by Crippen LogP contribution is 2.24. The van der Waals surface area contributed by atoms with Crippen molar-refractivity contribution in [3.05, 3.63) is 42.5 Å². The lowest BCUT2D eigenvalue weighted by Crippen LogP contribution is -2.19. The number of halogens is 3. The summed E-state index contributed by atoms with van der Waals surface area (Å²) in [6, 6.07) is 2.94. The third-order valence-electron chi connectivity index (χ3n) is 2.49. The second kappa shape index (κ2) is 8.02. The number of carbonyl (C=O) groups excluding carboxylic acids is 2. The third-order valence-corrected chi connectivity index (χ3v) is 4.93. The van der Waals surface area contributed by atoms with Gasteiger partial charge in [-0.1, -0.05) is 0 Å². The van der Waals surface area contributed by atoms with Crippen molar-refractivity contribution in [2.45, 2.75) is 0 Å². The summed E-state index contributed by atoms with van der Waals surface area (Å²) in [6.07, 6.45) is 2.44. The summed E-state index contributed by atoms with van der Waals surface area (Å²) in [5.74, 6) is -1.50. The van der Waals surface area contributed by atoms with Gasteiger partial charge in [-0.3, -0.25) is 10.1 Å². The van der Waals surface area contributed by atoms with Crippen molar-refractivity contribution in [1.29, 1.82) is 0 Å². The number of rotatable bonds is 3. The Bertz CT molecular complexity index is 767. The normalized spacial score (nSPS) is 18.0. The molecule has 1 amide bonds. The number of ether oxygens (including phenoxy) is 1. The highest BCUT2D eigenvalue weighted by Gasteiger charge is 2.24. The highest BCUT2D eigenvalue weighted by atomic mass is 127. The Morgan fingerprint density at radius 1 is 1.52 bits per heavy atom. The summed E-state index contributed by atoms with van der Waals surface area (Å²) in [7, 11) is 1.22. The highest BCUT2D eigenvalue weighted by molar-refractivity contribution is 14.1. The van der Waals surface area contributed by atoms with E-state index < -0.39 is 17.7 Å². The number of nitrogens with one attached hydrogen (secondary N) is 1. The van der Waals surface area contributed by atoms with E-state index in [0.29, 0.717) is 10.0 Å². The van der Waals surface area contributed by atoms with Gasteiger partial charge in [0, 0.05) is 15.2 Å². The molecule has 6 nitrogen and oxygen atoms in total. The van der Waals surface area contributed by atoms with Crippen LogP contribution in [0, 0.1) is 9.39 Å². The van der Waals surface area contributed by atoms with Gasteiger partial charge in [0.15, 0.2) is 5.17 Å². The average molecular weight is 512 g/mol. The summed E-state index contributed by atoms with van der Waals surface area (Å²) in [5.41, 5.74) is 0.551. The summed E-state index contributed by atoms with van der Waals surface area (Å²) >= 11 is 6.10. The Morgan fingerprint density at radius 2 is 2.26 bits per heavy atom. The monoisotopic (exact) mass is 511 g/mol. The lowest BCUT2D eigenvalue weighted by atomic mass is 10.2. The molecule has 0 spiro atoms. The molecule has 1 aliphatic rings. The largest absolute Gasteiger partial charge is 0.466 e. The minimum atomic E-state index is -0.632. The zero-order valence-corrected chi connectivity index (χ0v) is 16.0. The molecule has 0 unspecified atom stereocenters. The van der Waals surface area contributed by atoms with Gasteiger partial charge >= 0.3 is 5.97 Å². The van der Waals surface area contributed by atoms with Crippen LogP contribution in [0.1, 0.15) is 5.56 Å². The van der Waals surface area contributed by atoms with Crippen LogP contribution in [0.5, 0.6) is 0 Å². The molecule has 10 heteroatoms. The van der Waals surface area contributed by atoms with Gasteiger partial charge in [-0.05, 0) is 62.4 Å². The lowest BCUT2D eigenvalue weighted by molar-refractivity contribution is -0.135. The molecule has 1 saturated heterocycles.